The monoisotopic (exact) mass is 165 g/mol. The minimum atomic E-state index is -0.350. The van der Waals surface area contributed by atoms with Crippen molar-refractivity contribution < 1.29 is 9.84 Å². The fourth-order valence-corrected chi connectivity index (χ4v) is 0.832. The molecule has 1 aliphatic rings. The van der Waals surface area contributed by atoms with Crippen LogP contribution in [0.25, 0.3) is 0 Å². The van der Waals surface area contributed by atoms with E-state index in [9.17, 15) is 0 Å². The second-order valence-corrected chi connectivity index (χ2v) is 2.23. The number of aliphatic hydroxyl groups excluding tert-OH is 1. The average molecular weight is 165 g/mol. The number of ether oxygens (including phenoxy) is 1. The first kappa shape index (κ1) is 8.38. The third-order valence-electron chi connectivity index (χ3n) is 1.43. The van der Waals surface area contributed by atoms with E-state index in [0.29, 0.717) is 6.54 Å². The lowest BCUT2D eigenvalue weighted by atomic mass is 10.3. The highest BCUT2D eigenvalue weighted by molar-refractivity contribution is 5.38. The van der Waals surface area contributed by atoms with Crippen molar-refractivity contribution in [2.45, 2.75) is 6.10 Å². The summed E-state index contributed by atoms with van der Waals surface area (Å²) in [5.74, 6) is 0.166. The summed E-state index contributed by atoms with van der Waals surface area (Å²) < 4.78 is 5.03. The molecule has 1 atom stereocenters. The second-order valence-electron chi connectivity index (χ2n) is 2.23. The summed E-state index contributed by atoms with van der Waals surface area (Å²) in [6.07, 6.45) is -0.350. The van der Waals surface area contributed by atoms with Gasteiger partial charge in [-0.3, -0.25) is 0 Å². The average Bonchev–Trinajstić information content (AvgIpc) is 2.55. The van der Waals surface area contributed by atoms with Crippen LogP contribution in [0, 0.1) is 22.7 Å². The first-order chi connectivity index (χ1) is 5.81. The molecule has 12 heavy (non-hydrogen) atoms. The number of rotatable bonds is 1. The number of nitrogens with one attached hydrogen (secondary N) is 1. The van der Waals surface area contributed by atoms with Gasteiger partial charge in [0.1, 0.15) is 18.2 Å². The molecular weight excluding hydrogens is 158 g/mol. The predicted molar refractivity (Wildman–Crippen MR) is 38.2 cm³/mol. The maximum Gasteiger partial charge on any atom is 0.216 e. The van der Waals surface area contributed by atoms with Crippen molar-refractivity contribution >= 4 is 0 Å². The van der Waals surface area contributed by atoms with Gasteiger partial charge >= 0.3 is 0 Å². The number of hydrogen-bond donors (Lipinski definition) is 2. The maximum atomic E-state index is 8.66. The quantitative estimate of drug-likeness (QED) is 0.498. The molecular formula is C7H7N3O2. The van der Waals surface area contributed by atoms with E-state index >= 15 is 0 Å². The van der Waals surface area contributed by atoms with Crippen molar-refractivity contribution in [3.05, 3.63) is 11.5 Å². The standard InChI is InChI=1S/C7H7N3O2/c8-1-5(2-9)7-10-3-6(4-11)12-7/h6,10-11H,3-4H2/t6-/m0/s1. The van der Waals surface area contributed by atoms with E-state index in [1.54, 1.807) is 12.1 Å². The molecule has 1 saturated heterocycles. The molecule has 2 N–H and O–H groups in total. The summed E-state index contributed by atoms with van der Waals surface area (Å²) in [5.41, 5.74) is -0.0917. The Morgan fingerprint density at radius 1 is 1.67 bits per heavy atom. The number of nitriles is 2. The summed E-state index contributed by atoms with van der Waals surface area (Å²) in [6, 6.07) is 3.38. The van der Waals surface area contributed by atoms with Crippen molar-refractivity contribution in [2.75, 3.05) is 13.2 Å². The topological polar surface area (TPSA) is 89.1 Å². The number of aliphatic hydroxyl groups is 1. The molecule has 0 amide bonds. The van der Waals surface area contributed by atoms with Crippen LogP contribution >= 0.6 is 0 Å². The molecule has 0 aromatic carbocycles. The molecule has 1 rings (SSSR count). The van der Waals surface area contributed by atoms with Crippen LogP contribution in [0.1, 0.15) is 0 Å². The lowest BCUT2D eigenvalue weighted by Gasteiger charge is -2.02. The predicted octanol–water partition coefficient (Wildman–Crippen LogP) is -0.774. The SMILES string of the molecule is N#CC(C#N)=C1NC[C@@H](CO)O1. The Labute approximate surface area is 69.5 Å². The van der Waals surface area contributed by atoms with Crippen molar-refractivity contribution in [1.29, 1.82) is 10.5 Å². The summed E-state index contributed by atoms with van der Waals surface area (Å²) in [4.78, 5) is 0. The molecule has 0 aliphatic carbocycles. The summed E-state index contributed by atoms with van der Waals surface area (Å²) >= 11 is 0. The van der Waals surface area contributed by atoms with E-state index in [0.717, 1.165) is 0 Å². The van der Waals surface area contributed by atoms with Crippen LogP contribution in [0.5, 0.6) is 0 Å². The highest BCUT2D eigenvalue weighted by Crippen LogP contribution is 2.11. The van der Waals surface area contributed by atoms with Crippen LogP contribution in [-0.2, 0) is 4.74 Å². The molecule has 5 nitrogen and oxygen atoms in total. The first-order valence-corrected chi connectivity index (χ1v) is 3.37. The van der Waals surface area contributed by atoms with Gasteiger partial charge in [0, 0.05) is 0 Å². The molecule has 0 spiro atoms. The van der Waals surface area contributed by atoms with Gasteiger partial charge in [-0.1, -0.05) is 0 Å². The molecule has 5 heteroatoms. The van der Waals surface area contributed by atoms with E-state index in [-0.39, 0.29) is 24.2 Å². The van der Waals surface area contributed by atoms with Gasteiger partial charge in [-0.25, -0.2) is 0 Å². The van der Waals surface area contributed by atoms with Crippen LogP contribution in [0.3, 0.4) is 0 Å². The Bertz CT molecular complexity index is 268. The van der Waals surface area contributed by atoms with Gasteiger partial charge in [0.2, 0.25) is 5.88 Å². The van der Waals surface area contributed by atoms with Crippen molar-refractivity contribution in [2.24, 2.45) is 0 Å². The summed E-state index contributed by atoms with van der Waals surface area (Å²) in [5, 5.41) is 28.2. The number of nitrogens with zero attached hydrogens (tertiary/aromatic N) is 2. The number of hydrogen-bond acceptors (Lipinski definition) is 5. The fraction of sp³-hybridized carbons (Fsp3) is 0.429. The molecule has 0 aromatic rings. The van der Waals surface area contributed by atoms with E-state index in [4.69, 9.17) is 20.4 Å². The van der Waals surface area contributed by atoms with Crippen LogP contribution < -0.4 is 5.32 Å². The molecule has 1 heterocycles. The Kier molecular flexibility index (Phi) is 2.52. The van der Waals surface area contributed by atoms with Crippen molar-refractivity contribution in [3.63, 3.8) is 0 Å². The van der Waals surface area contributed by atoms with Gasteiger partial charge in [0.05, 0.1) is 13.2 Å². The van der Waals surface area contributed by atoms with Crippen molar-refractivity contribution in [1.82, 2.24) is 5.32 Å². The Balaban J connectivity index is 2.75. The molecule has 0 saturated carbocycles. The summed E-state index contributed by atoms with van der Waals surface area (Å²) in [7, 11) is 0. The van der Waals surface area contributed by atoms with E-state index in [1.165, 1.54) is 0 Å². The molecule has 1 aliphatic heterocycles. The maximum absolute atomic E-state index is 8.66. The van der Waals surface area contributed by atoms with Gasteiger partial charge in [-0.15, -0.1) is 0 Å². The number of allylic oxidation sites excluding steroid dienone is 1. The van der Waals surface area contributed by atoms with Crippen molar-refractivity contribution in [3.8, 4) is 12.1 Å². The van der Waals surface area contributed by atoms with Gasteiger partial charge < -0.3 is 15.2 Å². The van der Waals surface area contributed by atoms with Crippen LogP contribution in [-0.4, -0.2) is 24.4 Å². The Morgan fingerprint density at radius 2 is 2.33 bits per heavy atom. The molecule has 0 radical (unpaired) electrons. The molecule has 0 aromatic heterocycles. The van der Waals surface area contributed by atoms with Crippen LogP contribution in [0.15, 0.2) is 11.5 Å². The zero-order chi connectivity index (χ0) is 8.97. The minimum Gasteiger partial charge on any atom is -0.470 e. The third-order valence-corrected chi connectivity index (χ3v) is 1.43. The van der Waals surface area contributed by atoms with Gasteiger partial charge in [0.15, 0.2) is 5.57 Å². The van der Waals surface area contributed by atoms with Crippen LogP contribution in [0.2, 0.25) is 0 Å². The van der Waals surface area contributed by atoms with Gasteiger partial charge in [-0.2, -0.15) is 10.5 Å². The van der Waals surface area contributed by atoms with E-state index in [1.807, 2.05) is 0 Å². The molecule has 62 valence electrons. The largest absolute Gasteiger partial charge is 0.470 e. The lowest BCUT2D eigenvalue weighted by molar-refractivity contribution is 0.0975. The lowest BCUT2D eigenvalue weighted by Crippen LogP contribution is -2.17. The molecule has 0 unspecified atom stereocenters. The zero-order valence-corrected chi connectivity index (χ0v) is 6.24. The van der Waals surface area contributed by atoms with Gasteiger partial charge in [-0.05, 0) is 0 Å². The highest BCUT2D eigenvalue weighted by atomic mass is 16.5. The van der Waals surface area contributed by atoms with Crippen LogP contribution in [0.4, 0.5) is 0 Å². The Morgan fingerprint density at radius 3 is 2.75 bits per heavy atom. The summed E-state index contributed by atoms with van der Waals surface area (Å²) in [6.45, 7) is 0.305. The zero-order valence-electron chi connectivity index (χ0n) is 6.24. The third kappa shape index (κ3) is 1.47. The van der Waals surface area contributed by atoms with E-state index in [2.05, 4.69) is 5.32 Å². The molecule has 0 bridgehead atoms. The van der Waals surface area contributed by atoms with Gasteiger partial charge in [0.25, 0.3) is 0 Å². The fourth-order valence-electron chi connectivity index (χ4n) is 0.832. The van der Waals surface area contributed by atoms with E-state index < -0.39 is 0 Å². The first-order valence-electron chi connectivity index (χ1n) is 3.37. The highest BCUT2D eigenvalue weighted by Gasteiger charge is 2.21. The smallest absolute Gasteiger partial charge is 0.216 e. The molecule has 1 fully saturated rings. The second kappa shape index (κ2) is 3.61. The Hall–Kier alpha value is -1.72. The normalized spacial score (nSPS) is 20.2. The minimum absolute atomic E-state index is 0.0917.